The maximum Gasteiger partial charge on any atom is 0.244 e. The maximum absolute atomic E-state index is 13.2. The number of nitrogens with zero attached hydrogens (tertiary/aromatic N) is 5. The van der Waals surface area contributed by atoms with Gasteiger partial charge in [0, 0.05) is 66.8 Å². The maximum atomic E-state index is 13.2. The molecule has 3 heterocycles. The molecule has 0 radical (unpaired) electrons. The van der Waals surface area contributed by atoms with E-state index in [9.17, 15) is 4.79 Å². The smallest absolute Gasteiger partial charge is 0.244 e. The van der Waals surface area contributed by atoms with Crippen molar-refractivity contribution in [2.24, 2.45) is 0 Å². The van der Waals surface area contributed by atoms with Gasteiger partial charge in [-0.3, -0.25) is 14.7 Å². The molecule has 2 aliphatic rings. The van der Waals surface area contributed by atoms with Crippen LogP contribution in [0.3, 0.4) is 0 Å². The number of anilines is 2. The first-order valence-electron chi connectivity index (χ1n) is 10.8. The third kappa shape index (κ3) is 3.51. The highest BCUT2D eigenvalue weighted by Gasteiger charge is 2.40. The Hall–Kier alpha value is -3.43. The summed E-state index contributed by atoms with van der Waals surface area (Å²) in [6.45, 7) is 5.59. The van der Waals surface area contributed by atoms with Gasteiger partial charge in [0.25, 0.3) is 0 Å². The van der Waals surface area contributed by atoms with Crippen LogP contribution in [0.1, 0.15) is 18.9 Å². The number of amides is 1. The number of fused-ring (bicyclic) bond motifs is 1. The van der Waals surface area contributed by atoms with E-state index in [0.29, 0.717) is 5.56 Å². The average molecular weight is 412 g/mol. The van der Waals surface area contributed by atoms with Crippen molar-refractivity contribution in [3.63, 3.8) is 0 Å². The van der Waals surface area contributed by atoms with E-state index in [1.54, 1.807) is 12.1 Å². The molecule has 156 valence electrons. The SMILES string of the molecule is CC1CN(c2cccc3cnccc23)CCN1C1CCN(c2ccc(C#N)cc2)C1=O. The summed E-state index contributed by atoms with van der Waals surface area (Å²) in [6, 6.07) is 18.1. The van der Waals surface area contributed by atoms with E-state index in [0.717, 1.165) is 43.7 Å². The van der Waals surface area contributed by atoms with Crippen molar-refractivity contribution in [3.05, 3.63) is 66.5 Å². The third-order valence-electron chi connectivity index (χ3n) is 6.56. The lowest BCUT2D eigenvalue weighted by molar-refractivity contribution is -0.122. The molecule has 2 atom stereocenters. The van der Waals surface area contributed by atoms with Crippen molar-refractivity contribution >= 4 is 28.1 Å². The Morgan fingerprint density at radius 1 is 1.06 bits per heavy atom. The molecule has 6 heteroatoms. The van der Waals surface area contributed by atoms with Crippen LogP contribution in [-0.4, -0.2) is 54.1 Å². The van der Waals surface area contributed by atoms with Crippen molar-refractivity contribution in [3.8, 4) is 6.07 Å². The highest BCUT2D eigenvalue weighted by atomic mass is 16.2. The minimum atomic E-state index is -0.0792. The zero-order valence-electron chi connectivity index (χ0n) is 17.6. The number of benzene rings is 2. The van der Waals surface area contributed by atoms with Gasteiger partial charge in [0.2, 0.25) is 5.91 Å². The third-order valence-corrected chi connectivity index (χ3v) is 6.56. The Morgan fingerprint density at radius 2 is 1.90 bits per heavy atom. The van der Waals surface area contributed by atoms with E-state index < -0.39 is 0 Å². The van der Waals surface area contributed by atoms with Crippen molar-refractivity contribution in [1.82, 2.24) is 9.88 Å². The Bertz CT molecular complexity index is 1150. The van der Waals surface area contributed by atoms with Crippen LogP contribution in [0.2, 0.25) is 0 Å². The molecule has 0 N–H and O–H groups in total. The first kappa shape index (κ1) is 19.5. The fourth-order valence-electron chi connectivity index (χ4n) is 4.98. The molecule has 2 saturated heterocycles. The predicted molar refractivity (Wildman–Crippen MR) is 122 cm³/mol. The van der Waals surface area contributed by atoms with E-state index in [-0.39, 0.29) is 18.0 Å². The van der Waals surface area contributed by atoms with Gasteiger partial charge in [-0.2, -0.15) is 5.26 Å². The molecule has 2 unspecified atom stereocenters. The number of carbonyl (C=O) groups is 1. The summed E-state index contributed by atoms with van der Waals surface area (Å²) < 4.78 is 0. The zero-order chi connectivity index (χ0) is 21.4. The summed E-state index contributed by atoms with van der Waals surface area (Å²) in [6.07, 6.45) is 4.59. The summed E-state index contributed by atoms with van der Waals surface area (Å²) >= 11 is 0. The number of nitriles is 1. The van der Waals surface area contributed by atoms with Crippen LogP contribution >= 0.6 is 0 Å². The molecule has 2 aliphatic heterocycles. The summed E-state index contributed by atoms with van der Waals surface area (Å²) in [5.74, 6) is 0.168. The molecule has 31 heavy (non-hydrogen) atoms. The Kier molecular flexibility index (Phi) is 5.05. The molecule has 2 aromatic carbocycles. The van der Waals surface area contributed by atoms with E-state index >= 15 is 0 Å². The lowest BCUT2D eigenvalue weighted by Crippen LogP contribution is -2.57. The second kappa shape index (κ2) is 8.01. The molecule has 5 rings (SSSR count). The normalized spacial score (nSPS) is 22.1. The first-order valence-corrected chi connectivity index (χ1v) is 10.8. The molecule has 1 amide bonds. The molecule has 0 saturated carbocycles. The highest BCUT2D eigenvalue weighted by Crippen LogP contribution is 2.31. The molecule has 0 spiro atoms. The van der Waals surface area contributed by atoms with Crippen molar-refractivity contribution < 1.29 is 4.79 Å². The van der Waals surface area contributed by atoms with Crippen LogP contribution in [0.5, 0.6) is 0 Å². The number of aromatic nitrogens is 1. The molecular formula is C25H25N5O. The Labute approximate surface area is 182 Å². The molecule has 0 aliphatic carbocycles. The van der Waals surface area contributed by atoms with Gasteiger partial charge < -0.3 is 9.80 Å². The molecule has 0 bridgehead atoms. The van der Waals surface area contributed by atoms with E-state index in [1.807, 2.05) is 29.4 Å². The van der Waals surface area contributed by atoms with E-state index in [1.165, 1.54) is 11.1 Å². The van der Waals surface area contributed by atoms with Gasteiger partial charge >= 0.3 is 0 Å². The van der Waals surface area contributed by atoms with E-state index in [4.69, 9.17) is 5.26 Å². The monoisotopic (exact) mass is 411 g/mol. The number of pyridine rings is 1. The molecule has 1 aromatic heterocycles. The number of carbonyl (C=O) groups excluding carboxylic acids is 1. The molecular weight excluding hydrogens is 386 g/mol. The van der Waals surface area contributed by atoms with Crippen LogP contribution in [-0.2, 0) is 4.79 Å². The van der Waals surface area contributed by atoms with Gasteiger partial charge in [0.1, 0.15) is 0 Å². The molecule has 3 aromatic rings. The van der Waals surface area contributed by atoms with Crippen LogP contribution in [0.15, 0.2) is 60.9 Å². The van der Waals surface area contributed by atoms with Crippen molar-refractivity contribution in [2.75, 3.05) is 36.0 Å². The van der Waals surface area contributed by atoms with Gasteiger partial charge in [-0.15, -0.1) is 0 Å². The number of hydrogen-bond donors (Lipinski definition) is 0. The average Bonchev–Trinajstić information content (AvgIpc) is 3.19. The minimum Gasteiger partial charge on any atom is -0.368 e. The summed E-state index contributed by atoms with van der Waals surface area (Å²) in [7, 11) is 0. The second-order valence-electron chi connectivity index (χ2n) is 8.36. The van der Waals surface area contributed by atoms with Gasteiger partial charge in [0.15, 0.2) is 0 Å². The number of hydrogen-bond acceptors (Lipinski definition) is 5. The number of rotatable bonds is 3. The van der Waals surface area contributed by atoms with Crippen LogP contribution in [0.4, 0.5) is 11.4 Å². The van der Waals surface area contributed by atoms with E-state index in [2.05, 4.69) is 52.0 Å². The lowest BCUT2D eigenvalue weighted by atomic mass is 10.1. The fourth-order valence-corrected chi connectivity index (χ4v) is 4.98. The van der Waals surface area contributed by atoms with Gasteiger partial charge in [0.05, 0.1) is 17.7 Å². The first-order chi connectivity index (χ1) is 15.2. The Morgan fingerprint density at radius 3 is 2.68 bits per heavy atom. The van der Waals surface area contributed by atoms with Crippen molar-refractivity contribution in [2.45, 2.75) is 25.4 Å². The largest absolute Gasteiger partial charge is 0.368 e. The van der Waals surface area contributed by atoms with Crippen molar-refractivity contribution in [1.29, 1.82) is 5.26 Å². The lowest BCUT2D eigenvalue weighted by Gasteiger charge is -2.43. The standard InChI is InChI=1S/C25H25N5O/c1-18-17-28(23-4-2-3-20-16-27-11-9-22(20)23)13-14-29(18)24-10-12-30(25(24)31)21-7-5-19(15-26)6-8-21/h2-9,11,16,18,24H,10,12-14,17H2,1H3. The Balaban J connectivity index is 1.31. The quantitative estimate of drug-likeness (QED) is 0.661. The highest BCUT2D eigenvalue weighted by molar-refractivity contribution is 5.99. The predicted octanol–water partition coefficient (Wildman–Crippen LogP) is 3.42. The summed E-state index contributed by atoms with van der Waals surface area (Å²) in [4.78, 5) is 24.1. The number of piperazine rings is 1. The fraction of sp³-hybridized carbons (Fsp3) is 0.320. The molecule has 2 fully saturated rings. The van der Waals surface area contributed by atoms with Crippen LogP contribution < -0.4 is 9.80 Å². The topological polar surface area (TPSA) is 63.5 Å². The summed E-state index contributed by atoms with van der Waals surface area (Å²) in [5, 5.41) is 11.4. The van der Waals surface area contributed by atoms with Gasteiger partial charge in [-0.05, 0) is 49.7 Å². The van der Waals surface area contributed by atoms with Gasteiger partial charge in [-0.1, -0.05) is 12.1 Å². The zero-order valence-corrected chi connectivity index (χ0v) is 17.6. The summed E-state index contributed by atoms with van der Waals surface area (Å²) in [5.41, 5.74) is 2.73. The second-order valence-corrected chi connectivity index (χ2v) is 8.36. The molecule has 6 nitrogen and oxygen atoms in total. The minimum absolute atomic E-state index is 0.0792. The van der Waals surface area contributed by atoms with Crippen LogP contribution in [0, 0.1) is 11.3 Å². The van der Waals surface area contributed by atoms with Crippen LogP contribution in [0.25, 0.3) is 10.8 Å². The van der Waals surface area contributed by atoms with Gasteiger partial charge in [-0.25, -0.2) is 0 Å².